The maximum absolute atomic E-state index is 12.1. The molecule has 0 spiro atoms. The van der Waals surface area contributed by atoms with E-state index in [4.69, 9.17) is 28.9 Å². The standard InChI is InChI=1S/C26H40N4O2.C25H38N4O2.2CO2/c1-5-6-15-30-17-23(27-29-30)26(31)14-11-22-20-8-7-18-16-19(28-32-4)9-12-24(18,2)21(20)10-13-25(22,26)3;1-4-5-14-29-16-23(26-28-29)25(30)13-11-22-21-8-6-17-15-18(27-31-3)7-9-19(17)20(21)10-12-24(22,25)2;2*2-1-3/h16-17,20-22,31H,5-15H2,1-4H3;15-16,19-22,30H,4-14H2,1-3H3;;/b28-19-;27-18-;;/t20?,21?,22?,24-,25-,26+;19-,20?,21?,22?,24-,25+;;/m00../s1. The molecule has 2 N–H and O–H groups in total. The lowest BCUT2D eigenvalue weighted by Gasteiger charge is -2.59. The monoisotopic (exact) mass is 955 g/mol. The molecule has 69 heavy (non-hydrogen) atoms. The molecule has 8 aliphatic carbocycles. The van der Waals surface area contributed by atoms with Crippen LogP contribution in [0.5, 0.6) is 0 Å². The predicted octanol–water partition coefficient (Wildman–Crippen LogP) is 8.90. The zero-order chi connectivity index (χ0) is 49.6. The van der Waals surface area contributed by atoms with Crippen molar-refractivity contribution >= 4 is 23.7 Å². The van der Waals surface area contributed by atoms with Gasteiger partial charge in [-0.3, -0.25) is 9.36 Å². The van der Waals surface area contributed by atoms with E-state index in [-0.39, 0.29) is 28.5 Å². The molecule has 6 saturated carbocycles. The first-order valence-corrected chi connectivity index (χ1v) is 26.0. The summed E-state index contributed by atoms with van der Waals surface area (Å²) in [5, 5.41) is 50.2. The van der Waals surface area contributed by atoms with Gasteiger partial charge in [-0.25, -0.2) is 0 Å². The van der Waals surface area contributed by atoms with E-state index < -0.39 is 11.2 Å². The van der Waals surface area contributed by atoms with Gasteiger partial charge in [0.25, 0.3) is 0 Å². The van der Waals surface area contributed by atoms with Crippen molar-refractivity contribution < 1.29 is 39.1 Å². The van der Waals surface area contributed by atoms with Crippen LogP contribution in [-0.4, -0.2) is 78.1 Å². The van der Waals surface area contributed by atoms with E-state index in [1.165, 1.54) is 44.9 Å². The molecule has 0 aromatic carbocycles. The number of allylic oxidation sites excluding steroid dienone is 4. The summed E-state index contributed by atoms with van der Waals surface area (Å²) in [5.74, 6) is 4.68. The van der Waals surface area contributed by atoms with Crippen LogP contribution in [0.15, 0.2) is 46.0 Å². The third kappa shape index (κ3) is 9.52. The van der Waals surface area contributed by atoms with Crippen molar-refractivity contribution in [3.63, 3.8) is 0 Å². The summed E-state index contributed by atoms with van der Waals surface area (Å²) in [6.07, 6.45) is 31.3. The molecule has 378 valence electrons. The predicted molar refractivity (Wildman–Crippen MR) is 255 cm³/mol. The number of unbranched alkanes of at least 4 members (excludes halogenated alkanes) is 2. The van der Waals surface area contributed by atoms with E-state index in [0.29, 0.717) is 35.5 Å². The number of fused-ring (bicyclic) bond motifs is 10. The highest BCUT2D eigenvalue weighted by molar-refractivity contribution is 5.96. The maximum atomic E-state index is 12.1. The van der Waals surface area contributed by atoms with Crippen molar-refractivity contribution in [3.05, 3.63) is 47.1 Å². The summed E-state index contributed by atoms with van der Waals surface area (Å²) in [7, 11) is 3.28. The van der Waals surface area contributed by atoms with Gasteiger partial charge in [-0.2, -0.15) is 19.2 Å². The summed E-state index contributed by atoms with van der Waals surface area (Å²) in [5.41, 5.74) is 5.35. The Kier molecular flexibility index (Phi) is 16.5. The number of rotatable bonds is 10. The van der Waals surface area contributed by atoms with Crippen molar-refractivity contribution in [2.24, 2.45) is 68.0 Å². The molecular weight excluding hydrogens is 877 g/mol. The number of carbonyl (C=O) groups excluding carboxylic acids is 4. The maximum Gasteiger partial charge on any atom is 0.373 e. The molecule has 16 nitrogen and oxygen atoms in total. The van der Waals surface area contributed by atoms with Crippen molar-refractivity contribution in [1.82, 2.24) is 30.0 Å². The molecule has 2 heterocycles. The van der Waals surface area contributed by atoms with E-state index in [9.17, 15) is 10.2 Å². The van der Waals surface area contributed by atoms with E-state index in [1.807, 2.05) is 21.8 Å². The Labute approximate surface area is 408 Å². The van der Waals surface area contributed by atoms with E-state index in [0.717, 1.165) is 125 Å². The third-order valence-corrected chi connectivity index (χ3v) is 19.4. The van der Waals surface area contributed by atoms with Gasteiger partial charge in [-0.05, 0) is 175 Å². The zero-order valence-electron chi connectivity index (χ0n) is 42.3. The van der Waals surface area contributed by atoms with Crippen LogP contribution < -0.4 is 0 Å². The fourth-order valence-corrected chi connectivity index (χ4v) is 15.9. The summed E-state index contributed by atoms with van der Waals surface area (Å²) in [6.45, 7) is 13.3. The van der Waals surface area contributed by atoms with Crippen LogP contribution in [-0.2, 0) is 53.1 Å². The Morgan fingerprint density at radius 2 is 1.13 bits per heavy atom. The normalized spacial score (nSPS) is 38.1. The van der Waals surface area contributed by atoms with Crippen LogP contribution in [0.25, 0.3) is 0 Å². The molecule has 2 aromatic heterocycles. The summed E-state index contributed by atoms with van der Waals surface area (Å²) in [4.78, 5) is 42.6. The highest BCUT2D eigenvalue weighted by atomic mass is 16.6. The number of nitrogens with zero attached hydrogens (tertiary/aromatic N) is 8. The minimum absolute atomic E-state index is 0.0989. The summed E-state index contributed by atoms with van der Waals surface area (Å²) < 4.78 is 3.86. The molecule has 6 fully saturated rings. The quantitative estimate of drug-likeness (QED) is 0.214. The third-order valence-electron chi connectivity index (χ3n) is 19.4. The zero-order valence-corrected chi connectivity index (χ0v) is 42.3. The largest absolute Gasteiger partial charge is 0.399 e. The first kappa shape index (κ1) is 52.2. The van der Waals surface area contributed by atoms with Crippen LogP contribution in [0.1, 0.15) is 174 Å². The fraction of sp³-hybridized carbons (Fsp3) is 0.774. The van der Waals surface area contributed by atoms with E-state index >= 15 is 0 Å². The molecule has 0 aliphatic heterocycles. The van der Waals surface area contributed by atoms with E-state index in [1.54, 1.807) is 25.4 Å². The number of oxime groups is 2. The minimum Gasteiger partial charge on any atom is -0.399 e. The average molecular weight is 955 g/mol. The highest BCUT2D eigenvalue weighted by Crippen LogP contribution is 2.70. The SMILES string of the molecule is CCCCn1cc([C@]2(O)CCC3C4CCC5=C/C(=N\OC)CC[C@@H]5C4CC[C@@]32C)nn1.CCCCn1cc([C@]2(O)CCC3C4CCC5=C/C(=N\OC)CC[C@]5(C)C4CC[C@@]32C)nn1.O=C=O.O=C=O. The Balaban J connectivity index is 0.000000183. The molecule has 6 unspecified atom stereocenters. The van der Waals surface area contributed by atoms with Crippen molar-refractivity contribution in [1.29, 1.82) is 0 Å². The summed E-state index contributed by atoms with van der Waals surface area (Å²) >= 11 is 0. The fourth-order valence-electron chi connectivity index (χ4n) is 15.9. The number of aromatic nitrogens is 6. The van der Waals surface area contributed by atoms with Gasteiger partial charge in [-0.15, -0.1) is 10.2 Å². The molecule has 0 bridgehead atoms. The lowest BCUT2D eigenvalue weighted by Crippen LogP contribution is -2.53. The molecular formula is C53H78N8O8. The second-order valence-electron chi connectivity index (χ2n) is 22.2. The summed E-state index contributed by atoms with van der Waals surface area (Å²) in [6, 6.07) is 0. The topological polar surface area (TPSA) is 213 Å². The van der Waals surface area contributed by atoms with Crippen molar-refractivity contribution in [2.75, 3.05) is 14.2 Å². The second-order valence-corrected chi connectivity index (χ2v) is 22.2. The molecule has 12 atom stereocenters. The van der Waals surface area contributed by atoms with Gasteiger partial charge in [0.05, 0.1) is 23.8 Å². The van der Waals surface area contributed by atoms with Crippen LogP contribution >= 0.6 is 0 Å². The highest BCUT2D eigenvalue weighted by Gasteiger charge is 2.66. The first-order chi connectivity index (χ1) is 33.2. The molecule has 10 rings (SSSR count). The Morgan fingerprint density at radius 3 is 1.68 bits per heavy atom. The average Bonchev–Trinajstić information content (AvgIpc) is 4.14. The molecule has 8 aliphatic rings. The molecule has 0 radical (unpaired) electrons. The van der Waals surface area contributed by atoms with Crippen LogP contribution in [0.4, 0.5) is 0 Å². The van der Waals surface area contributed by atoms with Gasteiger partial charge in [-0.1, -0.05) is 79.3 Å². The number of hydrogen-bond acceptors (Lipinski definition) is 14. The number of aliphatic hydroxyl groups is 2. The smallest absolute Gasteiger partial charge is 0.373 e. The van der Waals surface area contributed by atoms with Gasteiger partial charge in [0.15, 0.2) is 0 Å². The van der Waals surface area contributed by atoms with Gasteiger partial charge < -0.3 is 19.9 Å². The van der Waals surface area contributed by atoms with Gasteiger partial charge in [0.2, 0.25) is 0 Å². The number of hydrogen-bond donors (Lipinski definition) is 2. The molecule has 2 aromatic rings. The lowest BCUT2D eigenvalue weighted by atomic mass is 9.46. The van der Waals surface area contributed by atoms with Crippen LogP contribution in [0.3, 0.4) is 0 Å². The molecule has 16 heteroatoms. The Bertz CT molecular complexity index is 2280. The van der Waals surface area contributed by atoms with Gasteiger partial charge in [0, 0.05) is 23.9 Å². The molecule has 0 amide bonds. The lowest BCUT2D eigenvalue weighted by molar-refractivity contribution is -0.193. The number of aryl methyl sites for hydroxylation is 2. The first-order valence-electron chi connectivity index (χ1n) is 26.0. The van der Waals surface area contributed by atoms with Crippen molar-refractivity contribution in [3.8, 4) is 0 Å². The Morgan fingerprint density at radius 1 is 0.623 bits per heavy atom. The molecule has 0 saturated heterocycles. The van der Waals surface area contributed by atoms with Crippen molar-refractivity contribution in [2.45, 2.75) is 187 Å². The van der Waals surface area contributed by atoms with Gasteiger partial charge >= 0.3 is 12.3 Å². The minimum atomic E-state index is -0.852. The Hall–Kier alpha value is -4.62. The second kappa shape index (κ2) is 21.8. The van der Waals surface area contributed by atoms with Gasteiger partial charge in [0.1, 0.15) is 36.8 Å². The van der Waals surface area contributed by atoms with Crippen LogP contribution in [0, 0.1) is 57.7 Å². The van der Waals surface area contributed by atoms with E-state index in [2.05, 4.69) is 77.7 Å². The van der Waals surface area contributed by atoms with Crippen LogP contribution in [0.2, 0.25) is 0 Å².